The second-order valence-electron chi connectivity index (χ2n) is 8.05. The Labute approximate surface area is 191 Å². The quantitative estimate of drug-likeness (QED) is 0.479. The zero-order valence-corrected chi connectivity index (χ0v) is 18.7. The molecule has 0 saturated heterocycles. The molecule has 3 aromatic rings. The molecule has 3 rings (SSSR count). The van der Waals surface area contributed by atoms with E-state index in [0.29, 0.717) is 40.5 Å². The summed E-state index contributed by atoms with van der Waals surface area (Å²) in [4.78, 5) is 18.1. The fourth-order valence-electron chi connectivity index (χ4n) is 2.83. The maximum Gasteiger partial charge on any atom is 0.410 e. The monoisotopic (exact) mass is 445 g/mol. The Kier molecular flexibility index (Phi) is 5.71. The smallest absolute Gasteiger partial charge is 0.410 e. The molecule has 31 heavy (non-hydrogen) atoms. The minimum Gasteiger partial charge on any atom is -0.497 e. The molecular formula is C24H27ClN2O4. The molecule has 1 aromatic heterocycles. The first kappa shape index (κ1) is 18.8. The Bertz CT molecular complexity index is 1160. The Hall–Kier alpha value is -2.99. The number of nitrogens with zero attached hydrogens (tertiary/aromatic N) is 2. The highest BCUT2D eigenvalue weighted by Crippen LogP contribution is 2.31. The number of ether oxygens (including phenoxy) is 3. The molecule has 0 aliphatic rings. The van der Waals surface area contributed by atoms with Crippen LogP contribution in [0.2, 0.25) is 5.02 Å². The van der Waals surface area contributed by atoms with Crippen LogP contribution in [0.15, 0.2) is 48.5 Å². The van der Waals surface area contributed by atoms with Gasteiger partial charge in [-0.2, -0.15) is 0 Å². The standard InChI is InChI=1S/C24H27ClN2O4/c1-24(2,3)31-23(28)27(4)12-13-30-17-8-6-16(7-9-17)21-15-20(25)19-11-10-18(29-5)14-22(19)26-21/h6-11,14-15H,12-13H2,1-5H3/i5D3. The van der Waals surface area contributed by atoms with Gasteiger partial charge in [-0.1, -0.05) is 11.6 Å². The molecule has 0 radical (unpaired) electrons. The van der Waals surface area contributed by atoms with Gasteiger partial charge in [-0.3, -0.25) is 0 Å². The number of pyridine rings is 1. The third-order valence-electron chi connectivity index (χ3n) is 4.40. The molecule has 0 fully saturated rings. The van der Waals surface area contributed by atoms with Crippen LogP contribution in [0.25, 0.3) is 22.2 Å². The number of fused-ring (bicyclic) bond motifs is 1. The van der Waals surface area contributed by atoms with E-state index in [2.05, 4.69) is 4.98 Å². The summed E-state index contributed by atoms with van der Waals surface area (Å²) in [6.07, 6.45) is -0.405. The molecule has 0 aliphatic heterocycles. The summed E-state index contributed by atoms with van der Waals surface area (Å²) in [5.74, 6) is 0.829. The number of methoxy groups -OCH3 is 1. The molecule has 0 bridgehead atoms. The molecule has 0 atom stereocenters. The second-order valence-corrected chi connectivity index (χ2v) is 8.45. The maximum atomic E-state index is 12.0. The summed E-state index contributed by atoms with van der Waals surface area (Å²) in [5, 5.41) is 1.18. The summed E-state index contributed by atoms with van der Waals surface area (Å²) >= 11 is 6.43. The largest absolute Gasteiger partial charge is 0.497 e. The van der Waals surface area contributed by atoms with Gasteiger partial charge in [-0.25, -0.2) is 9.78 Å². The Morgan fingerprint density at radius 3 is 2.52 bits per heavy atom. The summed E-state index contributed by atoms with van der Waals surface area (Å²) in [7, 11) is -0.892. The van der Waals surface area contributed by atoms with Crippen LogP contribution in [0, 0.1) is 0 Å². The van der Waals surface area contributed by atoms with E-state index in [-0.39, 0.29) is 5.75 Å². The third kappa shape index (κ3) is 6.01. The average Bonchev–Trinajstić information content (AvgIpc) is 2.71. The van der Waals surface area contributed by atoms with E-state index in [1.807, 2.05) is 32.9 Å². The number of benzene rings is 2. The average molecular weight is 446 g/mol. The fraction of sp³-hybridized carbons (Fsp3) is 0.333. The number of rotatable bonds is 6. The Morgan fingerprint density at radius 1 is 1.13 bits per heavy atom. The number of hydrogen-bond donors (Lipinski definition) is 0. The molecule has 7 heteroatoms. The topological polar surface area (TPSA) is 60.9 Å². The lowest BCUT2D eigenvalue weighted by atomic mass is 10.1. The molecule has 164 valence electrons. The van der Waals surface area contributed by atoms with Crippen LogP contribution in [-0.4, -0.2) is 48.8 Å². The van der Waals surface area contributed by atoms with Crippen molar-refractivity contribution in [3.05, 3.63) is 53.6 Å². The van der Waals surface area contributed by atoms with Gasteiger partial charge in [0, 0.05) is 24.1 Å². The first-order chi connectivity index (χ1) is 15.8. The van der Waals surface area contributed by atoms with E-state index < -0.39 is 18.7 Å². The first-order valence-corrected chi connectivity index (χ1v) is 10.2. The van der Waals surface area contributed by atoms with Crippen molar-refractivity contribution in [2.45, 2.75) is 26.4 Å². The van der Waals surface area contributed by atoms with Crippen molar-refractivity contribution in [1.82, 2.24) is 9.88 Å². The van der Waals surface area contributed by atoms with Crippen LogP contribution in [-0.2, 0) is 4.74 Å². The van der Waals surface area contributed by atoms with Gasteiger partial charge in [0.15, 0.2) is 0 Å². The van der Waals surface area contributed by atoms with E-state index in [1.165, 1.54) is 4.90 Å². The summed E-state index contributed by atoms with van der Waals surface area (Å²) in [5.41, 5.74) is 1.41. The van der Waals surface area contributed by atoms with Crippen molar-refractivity contribution in [1.29, 1.82) is 0 Å². The van der Waals surface area contributed by atoms with Gasteiger partial charge in [-0.15, -0.1) is 0 Å². The molecule has 0 N–H and O–H groups in total. The number of likely N-dealkylation sites (N-methyl/N-ethyl adjacent to an activating group) is 1. The van der Waals surface area contributed by atoms with Crippen molar-refractivity contribution < 1.29 is 23.1 Å². The first-order valence-electron chi connectivity index (χ1n) is 11.3. The molecule has 0 saturated carbocycles. The lowest BCUT2D eigenvalue weighted by Gasteiger charge is -2.24. The van der Waals surface area contributed by atoms with Gasteiger partial charge in [-0.05, 0) is 63.2 Å². The number of aromatic nitrogens is 1. The number of carbonyl (C=O) groups excluding carboxylic acids is 1. The van der Waals surface area contributed by atoms with Crippen LogP contribution in [0.3, 0.4) is 0 Å². The van der Waals surface area contributed by atoms with E-state index >= 15 is 0 Å². The zero-order chi connectivity index (χ0) is 25.1. The molecular weight excluding hydrogens is 416 g/mol. The van der Waals surface area contributed by atoms with Crippen molar-refractivity contribution in [3.8, 4) is 22.8 Å². The van der Waals surface area contributed by atoms with Crippen molar-refractivity contribution in [3.63, 3.8) is 0 Å². The van der Waals surface area contributed by atoms with Gasteiger partial charge in [0.2, 0.25) is 0 Å². The summed E-state index contributed by atoms with van der Waals surface area (Å²) in [6.45, 7) is 6.13. The van der Waals surface area contributed by atoms with Crippen LogP contribution >= 0.6 is 11.6 Å². The van der Waals surface area contributed by atoms with Crippen molar-refractivity contribution >= 4 is 28.6 Å². The van der Waals surface area contributed by atoms with E-state index in [9.17, 15) is 4.79 Å². The molecule has 2 aromatic carbocycles. The summed E-state index contributed by atoms with van der Waals surface area (Å²) in [6, 6.07) is 13.8. The molecule has 0 unspecified atom stereocenters. The highest BCUT2D eigenvalue weighted by Gasteiger charge is 2.19. The Morgan fingerprint density at radius 2 is 1.84 bits per heavy atom. The predicted octanol–water partition coefficient (Wildman–Crippen LogP) is 5.81. The number of carbonyl (C=O) groups is 1. The van der Waals surface area contributed by atoms with Gasteiger partial charge in [0.05, 0.1) is 33.9 Å². The lowest BCUT2D eigenvalue weighted by molar-refractivity contribution is 0.0278. The molecule has 0 spiro atoms. The van der Waals surface area contributed by atoms with Crippen molar-refractivity contribution in [2.24, 2.45) is 0 Å². The molecule has 0 aliphatic carbocycles. The normalized spacial score (nSPS) is 13.1. The lowest BCUT2D eigenvalue weighted by Crippen LogP contribution is -2.36. The van der Waals surface area contributed by atoms with Crippen LogP contribution in [0.1, 0.15) is 24.9 Å². The number of hydrogen-bond acceptors (Lipinski definition) is 5. The van der Waals surface area contributed by atoms with Gasteiger partial charge >= 0.3 is 6.09 Å². The second kappa shape index (κ2) is 9.43. The van der Waals surface area contributed by atoms with E-state index in [1.54, 1.807) is 43.4 Å². The molecule has 1 amide bonds. The van der Waals surface area contributed by atoms with Crippen LogP contribution < -0.4 is 9.47 Å². The van der Waals surface area contributed by atoms with Gasteiger partial charge in [0.25, 0.3) is 0 Å². The van der Waals surface area contributed by atoms with Gasteiger partial charge < -0.3 is 19.1 Å². The molecule has 1 heterocycles. The predicted molar refractivity (Wildman–Crippen MR) is 123 cm³/mol. The van der Waals surface area contributed by atoms with E-state index in [4.69, 9.17) is 29.9 Å². The highest BCUT2D eigenvalue weighted by atomic mass is 35.5. The van der Waals surface area contributed by atoms with Crippen molar-refractivity contribution in [2.75, 3.05) is 27.2 Å². The third-order valence-corrected chi connectivity index (χ3v) is 4.71. The molecule has 6 nitrogen and oxygen atoms in total. The SMILES string of the molecule is [2H]C([2H])([2H])Oc1ccc2c(Cl)cc(-c3ccc(OCCN(C)C(=O)OC(C)(C)C)cc3)nc2c1. The zero-order valence-electron chi connectivity index (χ0n) is 20.9. The maximum absolute atomic E-state index is 12.0. The minimum atomic E-state index is -2.55. The highest BCUT2D eigenvalue weighted by molar-refractivity contribution is 6.35. The number of amides is 1. The van der Waals surface area contributed by atoms with Crippen LogP contribution in [0.4, 0.5) is 4.79 Å². The van der Waals surface area contributed by atoms with Gasteiger partial charge in [0.1, 0.15) is 23.7 Å². The minimum absolute atomic E-state index is 0.188. The Balaban J connectivity index is 1.68. The number of halogens is 1. The van der Waals surface area contributed by atoms with E-state index in [0.717, 1.165) is 5.56 Å². The summed E-state index contributed by atoms with van der Waals surface area (Å²) < 4.78 is 37.8. The fourth-order valence-corrected chi connectivity index (χ4v) is 3.09. The van der Waals surface area contributed by atoms with Crippen LogP contribution in [0.5, 0.6) is 11.5 Å².